The second-order valence-corrected chi connectivity index (χ2v) is 4.98. The van der Waals surface area contributed by atoms with Gasteiger partial charge < -0.3 is 5.32 Å². The number of hydrogen-bond donors (Lipinski definition) is 1. The van der Waals surface area contributed by atoms with Gasteiger partial charge in [0.15, 0.2) is 5.13 Å². The van der Waals surface area contributed by atoms with E-state index in [0.29, 0.717) is 5.13 Å². The van der Waals surface area contributed by atoms with Crippen LogP contribution in [0.5, 0.6) is 0 Å². The number of anilines is 1. The molecule has 1 amide bonds. The van der Waals surface area contributed by atoms with Gasteiger partial charge in [0.1, 0.15) is 0 Å². The van der Waals surface area contributed by atoms with Crippen LogP contribution in [0.4, 0.5) is 5.13 Å². The van der Waals surface area contributed by atoms with Crippen LogP contribution in [0.3, 0.4) is 0 Å². The summed E-state index contributed by atoms with van der Waals surface area (Å²) in [5.74, 6) is 0.230. The van der Waals surface area contributed by atoms with Crippen LogP contribution in [0.2, 0.25) is 0 Å². The lowest BCUT2D eigenvalue weighted by Gasteiger charge is -2.15. The molecule has 4 heteroatoms. The highest BCUT2D eigenvalue weighted by molar-refractivity contribution is 7.15. The largest absolute Gasteiger partial charge is 0.302 e. The number of carbonyl (C=O) groups excluding carboxylic acids is 1. The van der Waals surface area contributed by atoms with E-state index in [0.717, 1.165) is 24.1 Å². The summed E-state index contributed by atoms with van der Waals surface area (Å²) in [6.45, 7) is 1.98. The Kier molecular flexibility index (Phi) is 3.16. The lowest BCUT2D eigenvalue weighted by Crippen LogP contribution is -2.23. The molecule has 2 rings (SSSR count). The zero-order valence-corrected chi connectivity index (χ0v) is 9.51. The molecule has 1 atom stereocenters. The van der Waals surface area contributed by atoms with E-state index in [2.05, 4.69) is 22.5 Å². The molecular weight excluding hydrogens is 208 g/mol. The summed E-state index contributed by atoms with van der Waals surface area (Å²) in [7, 11) is 0. The monoisotopic (exact) mass is 222 g/mol. The third-order valence-electron chi connectivity index (χ3n) is 2.49. The Balaban J connectivity index is 1.94. The first-order valence-electron chi connectivity index (χ1n) is 5.14. The first kappa shape index (κ1) is 10.4. The molecule has 1 N–H and O–H groups in total. The zero-order chi connectivity index (χ0) is 10.7. The molecule has 0 bridgehead atoms. The predicted octanol–water partition coefficient (Wildman–Crippen LogP) is 2.75. The second kappa shape index (κ2) is 4.57. The summed E-state index contributed by atoms with van der Waals surface area (Å²) >= 11 is 1.52. The van der Waals surface area contributed by atoms with Gasteiger partial charge in [-0.15, -0.1) is 11.3 Å². The van der Waals surface area contributed by atoms with Crippen molar-refractivity contribution in [1.29, 1.82) is 0 Å². The van der Waals surface area contributed by atoms with E-state index in [1.54, 1.807) is 6.20 Å². The molecule has 0 spiro atoms. The van der Waals surface area contributed by atoms with Crippen LogP contribution in [0.15, 0.2) is 18.3 Å². The SMILES string of the molecule is Cc1cnc(NC(=O)[C@H]2CC=CCC2)s1. The minimum Gasteiger partial charge on any atom is -0.302 e. The average molecular weight is 222 g/mol. The molecule has 0 aromatic carbocycles. The van der Waals surface area contributed by atoms with Gasteiger partial charge in [0.25, 0.3) is 0 Å². The third-order valence-corrected chi connectivity index (χ3v) is 3.32. The van der Waals surface area contributed by atoms with E-state index in [1.165, 1.54) is 11.3 Å². The fourth-order valence-electron chi connectivity index (χ4n) is 1.65. The zero-order valence-electron chi connectivity index (χ0n) is 8.69. The summed E-state index contributed by atoms with van der Waals surface area (Å²) < 4.78 is 0. The lowest BCUT2D eigenvalue weighted by atomic mass is 9.94. The number of nitrogens with zero attached hydrogens (tertiary/aromatic N) is 1. The number of aromatic nitrogens is 1. The average Bonchev–Trinajstić information content (AvgIpc) is 2.65. The second-order valence-electron chi connectivity index (χ2n) is 3.75. The van der Waals surface area contributed by atoms with Gasteiger partial charge in [-0.2, -0.15) is 0 Å². The van der Waals surface area contributed by atoms with Crippen molar-refractivity contribution in [2.24, 2.45) is 5.92 Å². The van der Waals surface area contributed by atoms with Crippen LogP contribution in [0.25, 0.3) is 0 Å². The van der Waals surface area contributed by atoms with Crippen molar-refractivity contribution in [2.45, 2.75) is 26.2 Å². The normalized spacial score (nSPS) is 20.2. The van der Waals surface area contributed by atoms with E-state index in [-0.39, 0.29) is 11.8 Å². The maximum atomic E-state index is 11.8. The fraction of sp³-hybridized carbons (Fsp3) is 0.455. The number of carbonyl (C=O) groups is 1. The first-order valence-corrected chi connectivity index (χ1v) is 5.95. The minimum absolute atomic E-state index is 0.105. The van der Waals surface area contributed by atoms with Gasteiger partial charge in [-0.1, -0.05) is 12.2 Å². The summed E-state index contributed by atoms with van der Waals surface area (Å²) in [5, 5.41) is 3.58. The Labute approximate surface area is 93.2 Å². The number of hydrogen-bond acceptors (Lipinski definition) is 3. The predicted molar refractivity (Wildman–Crippen MR) is 62.0 cm³/mol. The molecule has 3 nitrogen and oxygen atoms in total. The molecule has 0 fully saturated rings. The number of amides is 1. The summed E-state index contributed by atoms with van der Waals surface area (Å²) in [4.78, 5) is 17.0. The third kappa shape index (κ3) is 2.65. The van der Waals surface area contributed by atoms with Crippen LogP contribution in [0.1, 0.15) is 24.1 Å². The molecule has 1 aliphatic rings. The van der Waals surface area contributed by atoms with Crippen molar-refractivity contribution in [3.8, 4) is 0 Å². The first-order chi connectivity index (χ1) is 7.25. The fourth-order valence-corrected chi connectivity index (χ4v) is 2.32. The van der Waals surface area contributed by atoms with E-state index in [1.807, 2.05) is 6.92 Å². The van der Waals surface area contributed by atoms with Gasteiger partial charge in [0.2, 0.25) is 5.91 Å². The molecule has 80 valence electrons. The van der Waals surface area contributed by atoms with Crippen LogP contribution >= 0.6 is 11.3 Å². The highest BCUT2D eigenvalue weighted by Gasteiger charge is 2.19. The molecule has 1 aromatic rings. The quantitative estimate of drug-likeness (QED) is 0.782. The van der Waals surface area contributed by atoms with Crippen molar-refractivity contribution < 1.29 is 4.79 Å². The molecule has 0 aliphatic heterocycles. The smallest absolute Gasteiger partial charge is 0.229 e. The van der Waals surface area contributed by atoms with Crippen molar-refractivity contribution in [2.75, 3.05) is 5.32 Å². The number of thiazole rings is 1. The number of allylic oxidation sites excluding steroid dienone is 2. The summed E-state index contributed by atoms with van der Waals surface area (Å²) in [6, 6.07) is 0. The highest BCUT2D eigenvalue weighted by Crippen LogP contribution is 2.22. The Hall–Kier alpha value is -1.16. The number of nitrogens with one attached hydrogen (secondary N) is 1. The van der Waals surface area contributed by atoms with Crippen LogP contribution in [-0.2, 0) is 4.79 Å². The van der Waals surface area contributed by atoms with Gasteiger partial charge >= 0.3 is 0 Å². The molecule has 1 aromatic heterocycles. The molecule has 1 aliphatic carbocycles. The van der Waals surface area contributed by atoms with Crippen molar-refractivity contribution >= 4 is 22.4 Å². The number of aryl methyl sites for hydroxylation is 1. The van der Waals surface area contributed by atoms with Crippen LogP contribution in [0, 0.1) is 12.8 Å². The Bertz CT molecular complexity index is 384. The summed E-state index contributed by atoms with van der Waals surface area (Å²) in [5.41, 5.74) is 0. The molecule has 15 heavy (non-hydrogen) atoms. The lowest BCUT2D eigenvalue weighted by molar-refractivity contribution is -0.120. The van der Waals surface area contributed by atoms with Gasteiger partial charge in [-0.05, 0) is 26.2 Å². The van der Waals surface area contributed by atoms with Crippen molar-refractivity contribution in [3.05, 3.63) is 23.2 Å². The van der Waals surface area contributed by atoms with Crippen LogP contribution < -0.4 is 5.32 Å². The van der Waals surface area contributed by atoms with E-state index < -0.39 is 0 Å². The maximum absolute atomic E-state index is 11.8. The van der Waals surface area contributed by atoms with Gasteiger partial charge in [-0.25, -0.2) is 4.98 Å². The van der Waals surface area contributed by atoms with Gasteiger partial charge in [0.05, 0.1) is 0 Å². The standard InChI is InChI=1S/C11H14N2OS/c1-8-7-12-11(15-8)13-10(14)9-5-3-2-4-6-9/h2-3,7,9H,4-6H2,1H3,(H,12,13,14)/t9-/m0/s1. The van der Waals surface area contributed by atoms with Crippen molar-refractivity contribution in [3.63, 3.8) is 0 Å². The Morgan fingerprint density at radius 2 is 2.47 bits per heavy atom. The molecule has 0 radical (unpaired) electrons. The Morgan fingerprint density at radius 3 is 3.07 bits per heavy atom. The van der Waals surface area contributed by atoms with E-state index in [4.69, 9.17) is 0 Å². The summed E-state index contributed by atoms with van der Waals surface area (Å²) in [6.07, 6.45) is 8.82. The molecular formula is C11H14N2OS. The van der Waals surface area contributed by atoms with Crippen LogP contribution in [-0.4, -0.2) is 10.9 Å². The minimum atomic E-state index is 0.105. The highest BCUT2D eigenvalue weighted by atomic mass is 32.1. The van der Waals surface area contributed by atoms with Gasteiger partial charge in [-0.3, -0.25) is 4.79 Å². The van der Waals surface area contributed by atoms with E-state index in [9.17, 15) is 4.79 Å². The maximum Gasteiger partial charge on any atom is 0.229 e. The molecule has 0 saturated carbocycles. The van der Waals surface area contributed by atoms with Crippen molar-refractivity contribution in [1.82, 2.24) is 4.98 Å². The van der Waals surface area contributed by atoms with E-state index >= 15 is 0 Å². The molecule has 0 saturated heterocycles. The molecule has 1 heterocycles. The number of rotatable bonds is 2. The molecule has 0 unspecified atom stereocenters. The topological polar surface area (TPSA) is 42.0 Å². The van der Waals surface area contributed by atoms with Gasteiger partial charge in [0, 0.05) is 17.0 Å². The Morgan fingerprint density at radius 1 is 1.60 bits per heavy atom.